The van der Waals surface area contributed by atoms with Crippen LogP contribution < -0.4 is 9.47 Å². The first-order chi connectivity index (χ1) is 12.7. The van der Waals surface area contributed by atoms with E-state index >= 15 is 0 Å². The zero-order valence-electron chi connectivity index (χ0n) is 17.3. The van der Waals surface area contributed by atoms with Crippen molar-refractivity contribution < 1.29 is 9.47 Å². The zero-order chi connectivity index (χ0) is 19.4. The van der Waals surface area contributed by atoms with Crippen LogP contribution in [-0.4, -0.2) is 6.61 Å². The molecule has 2 nitrogen and oxygen atoms in total. The normalized spacial score (nSPS) is 12.8. The average molecular weight is 355 g/mol. The first-order valence-corrected chi connectivity index (χ1v) is 9.86. The van der Waals surface area contributed by atoms with Crippen LogP contribution in [0.4, 0.5) is 0 Å². The molecule has 0 atom stereocenters. The number of rotatable bonds is 0. The number of ether oxygens (including phenoxy) is 2. The third kappa shape index (κ3) is 6.59. The second-order valence-electron chi connectivity index (χ2n) is 5.87. The Kier molecular flexibility index (Phi) is 10.2. The molecule has 4 rings (SSSR count). The molecular weight excluding hydrogens is 320 g/mol. The second-order valence-corrected chi connectivity index (χ2v) is 5.87. The summed E-state index contributed by atoms with van der Waals surface area (Å²) in [7, 11) is 0. The number of benzene rings is 2. The fourth-order valence-electron chi connectivity index (χ4n) is 2.77. The molecule has 0 aliphatic carbocycles. The van der Waals surface area contributed by atoms with Gasteiger partial charge in [-0.15, -0.1) is 0 Å². The number of fused-ring (bicyclic) bond motifs is 2. The van der Waals surface area contributed by atoms with Crippen LogP contribution in [0.3, 0.4) is 0 Å². The zero-order valence-corrected chi connectivity index (χ0v) is 17.3. The van der Waals surface area contributed by atoms with Crippen LogP contribution in [0.25, 0.3) is 0 Å². The number of aryl methyl sites for hydroxylation is 3. The van der Waals surface area contributed by atoms with Gasteiger partial charge < -0.3 is 9.47 Å². The molecule has 2 aromatic carbocycles. The summed E-state index contributed by atoms with van der Waals surface area (Å²) in [6.45, 7) is 13.1. The summed E-state index contributed by atoms with van der Waals surface area (Å²) >= 11 is 0. The van der Waals surface area contributed by atoms with E-state index in [0.29, 0.717) is 0 Å². The van der Waals surface area contributed by atoms with Crippen LogP contribution in [0, 0.1) is 13.8 Å². The van der Waals surface area contributed by atoms with Crippen molar-refractivity contribution in [2.45, 2.75) is 60.8 Å². The smallest absolute Gasteiger partial charge is 0.130 e. The van der Waals surface area contributed by atoms with Crippen molar-refractivity contribution in [2.24, 2.45) is 0 Å². The van der Waals surface area contributed by atoms with Crippen molar-refractivity contribution in [3.05, 3.63) is 71.0 Å². The molecule has 0 aromatic heterocycles. The summed E-state index contributed by atoms with van der Waals surface area (Å²) in [6.07, 6.45) is 7.12. The van der Waals surface area contributed by atoms with Gasteiger partial charge in [-0.1, -0.05) is 63.1 Å². The number of allylic oxidation sites excluding steroid dienone is 1. The quantitative estimate of drug-likeness (QED) is 0.517. The summed E-state index contributed by atoms with van der Waals surface area (Å²) in [5, 5.41) is 0. The van der Waals surface area contributed by atoms with Gasteiger partial charge in [0.25, 0.3) is 0 Å². The summed E-state index contributed by atoms with van der Waals surface area (Å²) in [5.41, 5.74) is 5.28. The van der Waals surface area contributed by atoms with Crippen LogP contribution in [0.2, 0.25) is 0 Å². The van der Waals surface area contributed by atoms with E-state index in [9.17, 15) is 0 Å². The molecule has 2 heterocycles. The van der Waals surface area contributed by atoms with E-state index in [2.05, 4.69) is 44.2 Å². The first kappa shape index (κ1) is 21.8. The van der Waals surface area contributed by atoms with Crippen LogP contribution in [-0.2, 0) is 12.8 Å². The Morgan fingerprint density at radius 3 is 2.08 bits per heavy atom. The van der Waals surface area contributed by atoms with E-state index in [0.717, 1.165) is 30.9 Å². The largest absolute Gasteiger partial charge is 0.493 e. The van der Waals surface area contributed by atoms with Crippen molar-refractivity contribution in [1.82, 2.24) is 0 Å². The molecule has 0 spiro atoms. The summed E-state index contributed by atoms with van der Waals surface area (Å²) in [4.78, 5) is 0. The number of hydrogen-bond donors (Lipinski definition) is 0. The summed E-state index contributed by atoms with van der Waals surface area (Å²) in [6, 6.07) is 12.6. The molecule has 2 aliphatic rings. The van der Waals surface area contributed by atoms with E-state index in [1.54, 1.807) is 6.26 Å². The molecule has 26 heavy (non-hydrogen) atoms. The first-order valence-electron chi connectivity index (χ1n) is 9.86. The maximum Gasteiger partial charge on any atom is 0.130 e. The van der Waals surface area contributed by atoms with E-state index in [-0.39, 0.29) is 0 Å². The van der Waals surface area contributed by atoms with Gasteiger partial charge in [-0.25, -0.2) is 0 Å². The molecule has 0 amide bonds. The van der Waals surface area contributed by atoms with Gasteiger partial charge in [0.15, 0.2) is 0 Å². The molecule has 0 saturated heterocycles. The molecule has 2 aliphatic heterocycles. The Morgan fingerprint density at radius 2 is 1.38 bits per heavy atom. The molecule has 0 unspecified atom stereocenters. The lowest BCUT2D eigenvalue weighted by Gasteiger charge is -2.16. The van der Waals surface area contributed by atoms with Gasteiger partial charge in [-0.3, -0.25) is 0 Å². The Labute approximate surface area is 159 Å². The third-order valence-electron chi connectivity index (χ3n) is 3.91. The second kappa shape index (κ2) is 12.2. The Morgan fingerprint density at radius 1 is 0.769 bits per heavy atom. The lowest BCUT2D eigenvalue weighted by molar-refractivity contribution is 0.288. The third-order valence-corrected chi connectivity index (χ3v) is 3.91. The predicted molar refractivity (Wildman–Crippen MR) is 112 cm³/mol. The maximum absolute atomic E-state index is 5.48. The van der Waals surface area contributed by atoms with Gasteiger partial charge in [0.1, 0.15) is 11.5 Å². The van der Waals surface area contributed by atoms with E-state index in [1.807, 2.05) is 39.8 Å². The van der Waals surface area contributed by atoms with Crippen molar-refractivity contribution in [1.29, 1.82) is 0 Å². The monoisotopic (exact) mass is 354 g/mol. The number of hydrogen-bond acceptors (Lipinski definition) is 2. The van der Waals surface area contributed by atoms with Crippen molar-refractivity contribution in [2.75, 3.05) is 6.61 Å². The minimum atomic E-state index is 0.885. The summed E-state index contributed by atoms with van der Waals surface area (Å²) in [5.74, 6) is 2.08. The highest BCUT2D eigenvalue weighted by atomic mass is 16.5. The minimum Gasteiger partial charge on any atom is -0.493 e. The van der Waals surface area contributed by atoms with Crippen molar-refractivity contribution in [3.63, 3.8) is 0 Å². The van der Waals surface area contributed by atoms with Crippen LogP contribution >= 0.6 is 0 Å². The molecule has 0 bridgehead atoms. The fraction of sp³-hybridized carbons (Fsp3) is 0.417. The minimum absolute atomic E-state index is 0.885. The van der Waals surface area contributed by atoms with Gasteiger partial charge in [-0.05, 0) is 62.4 Å². The van der Waals surface area contributed by atoms with Crippen molar-refractivity contribution in [3.8, 4) is 11.5 Å². The van der Waals surface area contributed by atoms with Crippen molar-refractivity contribution >= 4 is 0 Å². The topological polar surface area (TPSA) is 18.5 Å². The maximum atomic E-state index is 5.48. The standard InChI is InChI=1S/C10H12O.C10H10O.2C2H6/c2*1-8-4-5-10-9(7-8)3-2-6-11-10;2*1-2/h4-5,7H,2-3,6H2,1H3;2,4-7H,3H2,1H3;2*1-2H3. The molecule has 142 valence electrons. The molecule has 0 radical (unpaired) electrons. The SMILES string of the molecule is CC.CC.Cc1ccc2c(c1)CC=CO2.Cc1ccc2c(c1)CCCO2. The highest BCUT2D eigenvalue weighted by Gasteiger charge is 2.08. The molecule has 0 fully saturated rings. The Hall–Kier alpha value is -2.22. The van der Waals surface area contributed by atoms with E-state index < -0.39 is 0 Å². The van der Waals surface area contributed by atoms with Gasteiger partial charge in [-0.2, -0.15) is 0 Å². The highest BCUT2D eigenvalue weighted by Crippen LogP contribution is 2.25. The lowest BCUT2D eigenvalue weighted by atomic mass is 10.0. The summed E-state index contributed by atoms with van der Waals surface area (Å²) < 4.78 is 10.8. The van der Waals surface area contributed by atoms with Gasteiger partial charge in [0.05, 0.1) is 12.9 Å². The van der Waals surface area contributed by atoms with Gasteiger partial charge in [0, 0.05) is 0 Å². The Balaban J connectivity index is 0.000000219. The van der Waals surface area contributed by atoms with E-state index in [4.69, 9.17) is 9.47 Å². The van der Waals surface area contributed by atoms with Crippen LogP contribution in [0.1, 0.15) is 56.4 Å². The predicted octanol–water partition coefficient (Wildman–Crippen LogP) is 6.82. The average Bonchev–Trinajstić information content (AvgIpc) is 2.71. The van der Waals surface area contributed by atoms with Crippen LogP contribution in [0.15, 0.2) is 48.7 Å². The molecule has 0 N–H and O–H groups in total. The molecule has 2 aromatic rings. The Bertz CT molecular complexity index is 687. The lowest BCUT2D eigenvalue weighted by Crippen LogP contribution is -2.07. The van der Waals surface area contributed by atoms with E-state index in [1.165, 1.54) is 28.7 Å². The molecular formula is C24H34O2. The fourth-order valence-corrected chi connectivity index (χ4v) is 2.77. The highest BCUT2D eigenvalue weighted by molar-refractivity contribution is 5.40. The molecule has 2 heteroatoms. The van der Waals surface area contributed by atoms with Crippen LogP contribution in [0.5, 0.6) is 11.5 Å². The van der Waals surface area contributed by atoms with Gasteiger partial charge >= 0.3 is 0 Å². The molecule has 0 saturated carbocycles. The van der Waals surface area contributed by atoms with Gasteiger partial charge in [0.2, 0.25) is 0 Å².